The normalized spacial score (nSPS) is 11.9. The van der Waals surface area contributed by atoms with E-state index < -0.39 is 22.3 Å². The van der Waals surface area contributed by atoms with Gasteiger partial charge in [-0.25, -0.2) is 5.43 Å². The Morgan fingerprint density at radius 1 is 1.18 bits per heavy atom. The maximum Gasteiger partial charge on any atom is 0.315 e. The highest BCUT2D eigenvalue weighted by Gasteiger charge is 2.27. The minimum atomic E-state index is -0.739. The Kier molecular flexibility index (Phi) is 8.03. The second-order valence-electron chi connectivity index (χ2n) is 9.58. The van der Waals surface area contributed by atoms with E-state index in [0.717, 1.165) is 12.5 Å². The Morgan fingerprint density at radius 3 is 2.36 bits per heavy atom. The number of nitrogens with one attached hydrogen (secondary N) is 1. The number of benzene rings is 2. The first-order valence-corrected chi connectivity index (χ1v) is 10.4. The standard InChI is InChI=1S/C24H31N3O6/c1-23(2,3)15-24(4,5)17-7-9-18(10-8-17)33-14-21(28)26-25-13-16-11-19(27(30)31)22(29)20(12-16)32-6/h7-13,29H,14-15H2,1-6H3,(H,26,28)/b25-13+. The maximum atomic E-state index is 12.0. The zero-order valence-electron chi connectivity index (χ0n) is 19.8. The lowest BCUT2D eigenvalue weighted by Crippen LogP contribution is -2.25. The van der Waals surface area contributed by atoms with Crippen LogP contribution >= 0.6 is 0 Å². The van der Waals surface area contributed by atoms with Gasteiger partial charge in [-0.3, -0.25) is 14.9 Å². The average Bonchev–Trinajstić information content (AvgIpc) is 2.71. The van der Waals surface area contributed by atoms with Gasteiger partial charge < -0.3 is 14.6 Å². The molecular weight excluding hydrogens is 426 g/mol. The van der Waals surface area contributed by atoms with Crippen LogP contribution < -0.4 is 14.9 Å². The molecule has 0 spiro atoms. The summed E-state index contributed by atoms with van der Waals surface area (Å²) in [6.07, 6.45) is 2.23. The molecule has 0 heterocycles. The van der Waals surface area contributed by atoms with Crippen LogP contribution in [0.5, 0.6) is 17.2 Å². The van der Waals surface area contributed by atoms with Gasteiger partial charge >= 0.3 is 5.69 Å². The van der Waals surface area contributed by atoms with Crippen molar-refractivity contribution < 1.29 is 24.3 Å². The van der Waals surface area contributed by atoms with Crippen LogP contribution in [-0.2, 0) is 10.2 Å². The highest BCUT2D eigenvalue weighted by atomic mass is 16.6. The monoisotopic (exact) mass is 457 g/mol. The van der Waals surface area contributed by atoms with Gasteiger partial charge in [0.2, 0.25) is 5.75 Å². The second kappa shape index (κ2) is 10.3. The maximum absolute atomic E-state index is 12.0. The molecule has 2 rings (SSSR count). The number of carbonyl (C=O) groups excluding carboxylic acids is 1. The summed E-state index contributed by atoms with van der Waals surface area (Å²) in [6.45, 7) is 10.8. The smallest absolute Gasteiger partial charge is 0.315 e. The van der Waals surface area contributed by atoms with Crippen molar-refractivity contribution in [3.05, 3.63) is 57.6 Å². The molecule has 2 aromatic rings. The number of nitro benzene ring substituents is 1. The van der Waals surface area contributed by atoms with E-state index in [1.165, 1.54) is 25.0 Å². The minimum absolute atomic E-state index is 0.00878. The van der Waals surface area contributed by atoms with Crippen LogP contribution in [0.25, 0.3) is 0 Å². The number of hydrazone groups is 1. The molecule has 0 saturated carbocycles. The zero-order chi connectivity index (χ0) is 24.8. The summed E-state index contributed by atoms with van der Waals surface area (Å²) in [5.41, 5.74) is 3.44. The van der Waals surface area contributed by atoms with Crippen molar-refractivity contribution in [1.82, 2.24) is 5.43 Å². The van der Waals surface area contributed by atoms with E-state index in [-0.39, 0.29) is 28.7 Å². The van der Waals surface area contributed by atoms with Gasteiger partial charge in [-0.15, -0.1) is 0 Å². The van der Waals surface area contributed by atoms with E-state index in [2.05, 4.69) is 45.1 Å². The number of aromatic hydroxyl groups is 1. The number of hydrogen-bond donors (Lipinski definition) is 2. The summed E-state index contributed by atoms with van der Waals surface area (Å²) in [4.78, 5) is 22.3. The number of phenols is 1. The molecular formula is C24H31N3O6. The third kappa shape index (κ3) is 7.48. The molecule has 1 amide bonds. The van der Waals surface area contributed by atoms with Gasteiger partial charge in [0.25, 0.3) is 5.91 Å². The van der Waals surface area contributed by atoms with Gasteiger partial charge in [0.15, 0.2) is 12.4 Å². The number of amides is 1. The largest absolute Gasteiger partial charge is 0.500 e. The van der Waals surface area contributed by atoms with Gasteiger partial charge in [0, 0.05) is 11.6 Å². The van der Waals surface area contributed by atoms with E-state index in [4.69, 9.17) is 9.47 Å². The lowest BCUT2D eigenvalue weighted by molar-refractivity contribution is -0.386. The van der Waals surface area contributed by atoms with E-state index in [1.807, 2.05) is 24.3 Å². The van der Waals surface area contributed by atoms with Crippen molar-refractivity contribution in [3.8, 4) is 17.2 Å². The molecule has 0 aliphatic rings. The summed E-state index contributed by atoms with van der Waals surface area (Å²) in [6, 6.07) is 10.1. The SMILES string of the molecule is COc1cc(/C=N/NC(=O)COc2ccc(C(C)(C)CC(C)(C)C)cc2)cc([N+](=O)[O-])c1O. The number of nitro groups is 1. The van der Waals surface area contributed by atoms with Crippen LogP contribution in [0.2, 0.25) is 0 Å². The Morgan fingerprint density at radius 2 is 1.82 bits per heavy atom. The molecule has 9 nitrogen and oxygen atoms in total. The number of hydrogen-bond acceptors (Lipinski definition) is 7. The van der Waals surface area contributed by atoms with Crippen LogP contribution in [0.15, 0.2) is 41.5 Å². The molecule has 33 heavy (non-hydrogen) atoms. The predicted molar refractivity (Wildman–Crippen MR) is 126 cm³/mol. The van der Waals surface area contributed by atoms with Crippen molar-refractivity contribution in [2.75, 3.05) is 13.7 Å². The first-order valence-electron chi connectivity index (χ1n) is 10.4. The lowest BCUT2D eigenvalue weighted by atomic mass is 9.72. The molecule has 0 bridgehead atoms. The van der Waals surface area contributed by atoms with Crippen LogP contribution in [0.1, 0.15) is 52.2 Å². The van der Waals surface area contributed by atoms with Crippen LogP contribution in [-0.4, -0.2) is 35.9 Å². The Hall–Kier alpha value is -3.62. The van der Waals surface area contributed by atoms with Crippen molar-refractivity contribution >= 4 is 17.8 Å². The first-order chi connectivity index (χ1) is 15.3. The molecule has 0 aliphatic heterocycles. The van der Waals surface area contributed by atoms with Gasteiger partial charge in [0.1, 0.15) is 5.75 Å². The Balaban J connectivity index is 1.94. The fourth-order valence-electron chi connectivity index (χ4n) is 3.77. The van der Waals surface area contributed by atoms with Crippen molar-refractivity contribution in [2.45, 2.75) is 46.5 Å². The van der Waals surface area contributed by atoms with E-state index in [1.54, 1.807) is 0 Å². The summed E-state index contributed by atoms with van der Waals surface area (Å²) in [5.74, 6) is -0.591. The van der Waals surface area contributed by atoms with Crippen LogP contribution in [0, 0.1) is 15.5 Å². The Bertz CT molecular complexity index is 1020. The minimum Gasteiger partial charge on any atom is -0.500 e. The predicted octanol–water partition coefficient (Wildman–Crippen LogP) is 4.55. The second-order valence-corrected chi connectivity index (χ2v) is 9.58. The molecule has 9 heteroatoms. The van der Waals surface area contributed by atoms with Gasteiger partial charge in [-0.05, 0) is 41.0 Å². The first kappa shape index (κ1) is 25.6. The van der Waals surface area contributed by atoms with E-state index in [0.29, 0.717) is 5.75 Å². The summed E-state index contributed by atoms with van der Waals surface area (Å²) < 4.78 is 10.4. The molecule has 0 atom stereocenters. The molecule has 0 saturated heterocycles. The molecule has 0 unspecified atom stereocenters. The molecule has 2 aromatic carbocycles. The van der Waals surface area contributed by atoms with E-state index in [9.17, 15) is 20.0 Å². The van der Waals surface area contributed by atoms with Gasteiger partial charge in [-0.1, -0.05) is 46.8 Å². The summed E-state index contributed by atoms with van der Waals surface area (Å²) in [7, 11) is 1.27. The highest BCUT2D eigenvalue weighted by Crippen LogP contribution is 2.37. The van der Waals surface area contributed by atoms with Crippen LogP contribution in [0.4, 0.5) is 5.69 Å². The topological polar surface area (TPSA) is 123 Å². The van der Waals surface area contributed by atoms with Crippen LogP contribution in [0.3, 0.4) is 0 Å². The quantitative estimate of drug-likeness (QED) is 0.323. The number of ether oxygens (including phenoxy) is 2. The van der Waals surface area contributed by atoms with Gasteiger partial charge in [-0.2, -0.15) is 5.10 Å². The molecule has 0 fully saturated rings. The molecule has 2 N–H and O–H groups in total. The highest BCUT2D eigenvalue weighted by molar-refractivity contribution is 5.85. The lowest BCUT2D eigenvalue weighted by Gasteiger charge is -2.33. The number of phenolic OH excluding ortho intramolecular Hbond substituents is 1. The summed E-state index contributed by atoms with van der Waals surface area (Å²) >= 11 is 0. The molecule has 0 aliphatic carbocycles. The van der Waals surface area contributed by atoms with Gasteiger partial charge in [0.05, 0.1) is 18.2 Å². The molecule has 0 aromatic heterocycles. The zero-order valence-corrected chi connectivity index (χ0v) is 19.8. The van der Waals surface area contributed by atoms with Crippen molar-refractivity contribution in [1.29, 1.82) is 0 Å². The third-order valence-corrected chi connectivity index (χ3v) is 4.87. The summed E-state index contributed by atoms with van der Waals surface area (Å²) in [5, 5.41) is 24.6. The fraction of sp³-hybridized carbons (Fsp3) is 0.417. The average molecular weight is 458 g/mol. The fourth-order valence-corrected chi connectivity index (χ4v) is 3.77. The number of nitrogens with zero attached hydrogens (tertiary/aromatic N) is 2. The van der Waals surface area contributed by atoms with E-state index >= 15 is 0 Å². The Labute approximate surface area is 193 Å². The van der Waals surface area contributed by atoms with Crippen molar-refractivity contribution in [3.63, 3.8) is 0 Å². The molecule has 0 radical (unpaired) electrons. The van der Waals surface area contributed by atoms with Crippen molar-refractivity contribution in [2.24, 2.45) is 10.5 Å². The third-order valence-electron chi connectivity index (χ3n) is 4.87. The molecule has 178 valence electrons. The number of carbonyl (C=O) groups is 1. The number of methoxy groups -OCH3 is 1. The number of rotatable bonds is 9.